The summed E-state index contributed by atoms with van der Waals surface area (Å²) in [5, 5.41) is 16.4. The molecule has 1 aromatic carbocycles. The molecule has 21 heavy (non-hydrogen) atoms. The van der Waals surface area contributed by atoms with Gasteiger partial charge in [-0.3, -0.25) is 19.7 Å². The molecule has 1 unspecified atom stereocenters. The second-order valence-corrected chi connectivity index (χ2v) is 4.56. The van der Waals surface area contributed by atoms with Crippen molar-refractivity contribution in [2.75, 3.05) is 11.9 Å². The number of hydrogen-bond acceptors (Lipinski definition) is 5. The van der Waals surface area contributed by atoms with E-state index >= 15 is 0 Å². The van der Waals surface area contributed by atoms with Crippen LogP contribution in [0.2, 0.25) is 0 Å². The lowest BCUT2D eigenvalue weighted by atomic mass is 10.1. The Kier molecular flexibility index (Phi) is 5.65. The maximum Gasteiger partial charge on any atom is 0.270 e. The normalized spacial score (nSPS) is 11.5. The SMILES string of the molecule is CCNc1ccc([N+](=O)[O-])cc1C(=O)NC(C)CC(N)=O. The Morgan fingerprint density at radius 3 is 2.62 bits per heavy atom. The number of nitrogens with one attached hydrogen (secondary N) is 2. The molecular weight excluding hydrogens is 276 g/mol. The number of nitro groups is 1. The van der Waals surface area contributed by atoms with Gasteiger partial charge in [0.15, 0.2) is 0 Å². The van der Waals surface area contributed by atoms with E-state index in [-0.39, 0.29) is 17.7 Å². The molecule has 0 fully saturated rings. The lowest BCUT2D eigenvalue weighted by Gasteiger charge is -2.14. The van der Waals surface area contributed by atoms with Gasteiger partial charge in [-0.2, -0.15) is 0 Å². The van der Waals surface area contributed by atoms with Crippen molar-refractivity contribution in [1.82, 2.24) is 5.32 Å². The molecule has 0 radical (unpaired) electrons. The average Bonchev–Trinajstić information content (AvgIpc) is 2.37. The highest BCUT2D eigenvalue weighted by molar-refractivity contribution is 6.00. The molecule has 0 aliphatic heterocycles. The van der Waals surface area contributed by atoms with Crippen LogP contribution in [0.1, 0.15) is 30.6 Å². The van der Waals surface area contributed by atoms with Gasteiger partial charge in [0.25, 0.3) is 11.6 Å². The summed E-state index contributed by atoms with van der Waals surface area (Å²) in [5.74, 6) is -1.03. The van der Waals surface area contributed by atoms with E-state index in [9.17, 15) is 19.7 Å². The van der Waals surface area contributed by atoms with Crippen molar-refractivity contribution >= 4 is 23.2 Å². The molecule has 0 spiro atoms. The minimum Gasteiger partial charge on any atom is -0.385 e. The zero-order chi connectivity index (χ0) is 16.0. The molecular formula is C13H18N4O4. The molecule has 0 aliphatic carbocycles. The standard InChI is InChI=1S/C13H18N4O4/c1-3-15-11-5-4-9(17(20)21)7-10(11)13(19)16-8(2)6-12(14)18/h4-5,7-8,15H,3,6H2,1-2H3,(H2,14,18)(H,16,19). The molecule has 0 heterocycles. The predicted octanol–water partition coefficient (Wildman–Crippen LogP) is 1.02. The van der Waals surface area contributed by atoms with Crippen LogP contribution in [0.5, 0.6) is 0 Å². The third kappa shape index (κ3) is 4.75. The van der Waals surface area contributed by atoms with Crippen LogP contribution in [0.3, 0.4) is 0 Å². The smallest absolute Gasteiger partial charge is 0.270 e. The number of anilines is 1. The Labute approximate surface area is 121 Å². The first kappa shape index (κ1) is 16.4. The summed E-state index contributed by atoms with van der Waals surface area (Å²) in [6.45, 7) is 4.04. The third-order valence-corrected chi connectivity index (χ3v) is 2.71. The van der Waals surface area contributed by atoms with Gasteiger partial charge in [-0.15, -0.1) is 0 Å². The maximum atomic E-state index is 12.2. The molecule has 0 saturated heterocycles. The van der Waals surface area contributed by atoms with Crippen LogP contribution in [0.15, 0.2) is 18.2 Å². The van der Waals surface area contributed by atoms with Crippen LogP contribution in [-0.2, 0) is 4.79 Å². The first-order valence-electron chi connectivity index (χ1n) is 6.46. The molecule has 4 N–H and O–H groups in total. The largest absolute Gasteiger partial charge is 0.385 e. The van der Waals surface area contributed by atoms with E-state index in [4.69, 9.17) is 5.73 Å². The maximum absolute atomic E-state index is 12.2. The van der Waals surface area contributed by atoms with Gasteiger partial charge in [0.05, 0.1) is 10.5 Å². The van der Waals surface area contributed by atoms with E-state index in [0.717, 1.165) is 0 Å². The highest BCUT2D eigenvalue weighted by Crippen LogP contribution is 2.22. The van der Waals surface area contributed by atoms with Crippen LogP contribution in [0, 0.1) is 10.1 Å². The molecule has 1 atom stereocenters. The number of non-ortho nitro benzene ring substituents is 1. The molecule has 0 aliphatic rings. The molecule has 8 nitrogen and oxygen atoms in total. The number of nitrogens with two attached hydrogens (primary N) is 1. The van der Waals surface area contributed by atoms with Crippen LogP contribution in [0.25, 0.3) is 0 Å². The van der Waals surface area contributed by atoms with E-state index in [1.165, 1.54) is 18.2 Å². The highest BCUT2D eigenvalue weighted by Gasteiger charge is 2.18. The number of hydrogen-bond donors (Lipinski definition) is 3. The van der Waals surface area contributed by atoms with Gasteiger partial charge in [0, 0.05) is 36.8 Å². The number of primary amides is 1. The van der Waals surface area contributed by atoms with Crippen molar-refractivity contribution < 1.29 is 14.5 Å². The van der Waals surface area contributed by atoms with Crippen LogP contribution in [-0.4, -0.2) is 29.3 Å². The van der Waals surface area contributed by atoms with E-state index in [0.29, 0.717) is 12.2 Å². The van der Waals surface area contributed by atoms with Crippen LogP contribution in [0.4, 0.5) is 11.4 Å². The van der Waals surface area contributed by atoms with Gasteiger partial charge in [-0.05, 0) is 19.9 Å². The first-order chi connectivity index (χ1) is 9.85. The number of rotatable bonds is 7. The van der Waals surface area contributed by atoms with Crippen molar-refractivity contribution in [2.24, 2.45) is 5.73 Å². The average molecular weight is 294 g/mol. The lowest BCUT2D eigenvalue weighted by molar-refractivity contribution is -0.384. The molecule has 1 aromatic rings. The topological polar surface area (TPSA) is 127 Å². The first-order valence-corrected chi connectivity index (χ1v) is 6.46. The molecule has 2 amide bonds. The summed E-state index contributed by atoms with van der Waals surface area (Å²) in [5.41, 5.74) is 5.53. The molecule has 0 saturated carbocycles. The number of nitrogens with zero attached hydrogens (tertiary/aromatic N) is 1. The lowest BCUT2D eigenvalue weighted by Crippen LogP contribution is -2.36. The van der Waals surface area contributed by atoms with Crippen molar-refractivity contribution in [3.8, 4) is 0 Å². The van der Waals surface area contributed by atoms with Crippen molar-refractivity contribution in [3.63, 3.8) is 0 Å². The van der Waals surface area contributed by atoms with Gasteiger partial charge >= 0.3 is 0 Å². The number of carbonyl (C=O) groups is 2. The molecule has 0 aromatic heterocycles. The fraction of sp³-hybridized carbons (Fsp3) is 0.385. The Balaban J connectivity index is 3.01. The Hall–Kier alpha value is -2.64. The van der Waals surface area contributed by atoms with E-state index in [1.54, 1.807) is 6.92 Å². The molecule has 114 valence electrons. The Bertz CT molecular complexity index is 559. The van der Waals surface area contributed by atoms with Gasteiger partial charge in [0.2, 0.25) is 5.91 Å². The monoisotopic (exact) mass is 294 g/mol. The minimum absolute atomic E-state index is 0.00277. The van der Waals surface area contributed by atoms with E-state index < -0.39 is 22.8 Å². The summed E-state index contributed by atoms with van der Waals surface area (Å²) in [7, 11) is 0. The molecule has 0 bridgehead atoms. The Morgan fingerprint density at radius 2 is 2.10 bits per heavy atom. The van der Waals surface area contributed by atoms with Gasteiger partial charge in [-0.25, -0.2) is 0 Å². The number of nitro benzene ring substituents is 1. The fourth-order valence-corrected chi connectivity index (χ4v) is 1.83. The summed E-state index contributed by atoms with van der Waals surface area (Å²) < 4.78 is 0. The van der Waals surface area contributed by atoms with Gasteiger partial charge in [-0.1, -0.05) is 0 Å². The number of carbonyl (C=O) groups excluding carboxylic acids is 2. The van der Waals surface area contributed by atoms with Crippen LogP contribution >= 0.6 is 0 Å². The van der Waals surface area contributed by atoms with Gasteiger partial charge in [0.1, 0.15) is 0 Å². The van der Waals surface area contributed by atoms with Crippen molar-refractivity contribution in [1.29, 1.82) is 0 Å². The van der Waals surface area contributed by atoms with Crippen molar-refractivity contribution in [2.45, 2.75) is 26.3 Å². The minimum atomic E-state index is -0.570. The third-order valence-electron chi connectivity index (χ3n) is 2.71. The summed E-state index contributed by atoms with van der Waals surface area (Å²) in [6, 6.07) is 3.55. The number of amides is 2. The molecule has 1 rings (SSSR count). The van der Waals surface area contributed by atoms with E-state index in [2.05, 4.69) is 10.6 Å². The predicted molar refractivity (Wildman–Crippen MR) is 78.0 cm³/mol. The fourth-order valence-electron chi connectivity index (χ4n) is 1.83. The molecule has 8 heteroatoms. The number of benzene rings is 1. The summed E-state index contributed by atoms with van der Waals surface area (Å²) >= 11 is 0. The van der Waals surface area contributed by atoms with Gasteiger partial charge < -0.3 is 16.4 Å². The quantitative estimate of drug-likeness (QED) is 0.511. The summed E-state index contributed by atoms with van der Waals surface area (Å²) in [4.78, 5) is 33.2. The zero-order valence-corrected chi connectivity index (χ0v) is 11.9. The second kappa shape index (κ2) is 7.22. The van der Waals surface area contributed by atoms with Crippen molar-refractivity contribution in [3.05, 3.63) is 33.9 Å². The van der Waals surface area contributed by atoms with Crippen LogP contribution < -0.4 is 16.4 Å². The highest BCUT2D eigenvalue weighted by atomic mass is 16.6. The zero-order valence-electron chi connectivity index (χ0n) is 11.9. The van der Waals surface area contributed by atoms with E-state index in [1.807, 2.05) is 6.92 Å². The Morgan fingerprint density at radius 1 is 1.43 bits per heavy atom. The summed E-state index contributed by atoms with van der Waals surface area (Å²) in [6.07, 6.45) is -0.00277. The second-order valence-electron chi connectivity index (χ2n) is 4.56.